The van der Waals surface area contributed by atoms with E-state index in [-0.39, 0.29) is 12.3 Å². The number of fused-ring (bicyclic) bond motifs is 1. The standard InChI is InChI=1S/C11H11NO3/c1-6-3-2-4-8-10(6)7(11(14)15)5-9(13)12-8/h2-4,7H,5H2,1H3,(H,12,13)(H,14,15). The van der Waals surface area contributed by atoms with Crippen molar-refractivity contribution in [3.63, 3.8) is 0 Å². The first kappa shape index (κ1) is 9.71. The fraction of sp³-hybridized carbons (Fsp3) is 0.273. The van der Waals surface area contributed by atoms with Gasteiger partial charge in [0.2, 0.25) is 5.91 Å². The van der Waals surface area contributed by atoms with Gasteiger partial charge in [0.05, 0.1) is 5.92 Å². The molecule has 0 aromatic heterocycles. The molecule has 2 rings (SSSR count). The van der Waals surface area contributed by atoms with E-state index in [4.69, 9.17) is 5.11 Å². The Kier molecular flexibility index (Phi) is 2.19. The predicted octanol–water partition coefficient (Wildman–Crippen LogP) is 1.51. The highest BCUT2D eigenvalue weighted by atomic mass is 16.4. The highest BCUT2D eigenvalue weighted by Crippen LogP contribution is 2.34. The molecule has 1 aliphatic rings. The number of hydrogen-bond donors (Lipinski definition) is 2. The van der Waals surface area contributed by atoms with Crippen LogP contribution in [-0.2, 0) is 9.59 Å². The molecule has 0 spiro atoms. The summed E-state index contributed by atoms with van der Waals surface area (Å²) in [5, 5.41) is 11.7. The molecule has 1 aliphatic heterocycles. The minimum atomic E-state index is -0.944. The first-order chi connectivity index (χ1) is 7.09. The fourth-order valence-electron chi connectivity index (χ4n) is 1.95. The number of carbonyl (C=O) groups is 2. The largest absolute Gasteiger partial charge is 0.481 e. The number of hydrogen-bond acceptors (Lipinski definition) is 2. The summed E-state index contributed by atoms with van der Waals surface area (Å²) in [5.74, 6) is -1.89. The van der Waals surface area contributed by atoms with Crippen LogP contribution in [0.3, 0.4) is 0 Å². The van der Waals surface area contributed by atoms with Crippen molar-refractivity contribution in [3.05, 3.63) is 29.3 Å². The van der Waals surface area contributed by atoms with E-state index in [2.05, 4.69) is 5.32 Å². The van der Waals surface area contributed by atoms with Crippen molar-refractivity contribution in [3.8, 4) is 0 Å². The van der Waals surface area contributed by atoms with Gasteiger partial charge in [0.1, 0.15) is 0 Å². The topological polar surface area (TPSA) is 66.4 Å². The third kappa shape index (κ3) is 1.58. The molecule has 0 saturated heterocycles. The summed E-state index contributed by atoms with van der Waals surface area (Å²) in [6, 6.07) is 5.39. The molecule has 0 aliphatic carbocycles. The number of aliphatic carboxylic acids is 1. The lowest BCUT2D eigenvalue weighted by molar-refractivity contribution is -0.140. The van der Waals surface area contributed by atoms with Gasteiger partial charge >= 0.3 is 5.97 Å². The number of nitrogens with one attached hydrogen (secondary N) is 1. The molecule has 2 N–H and O–H groups in total. The average Bonchev–Trinajstić information content (AvgIpc) is 2.16. The predicted molar refractivity (Wildman–Crippen MR) is 54.8 cm³/mol. The molecule has 4 nitrogen and oxygen atoms in total. The van der Waals surface area contributed by atoms with Crippen molar-refractivity contribution in [2.45, 2.75) is 19.3 Å². The number of rotatable bonds is 1. The molecule has 0 bridgehead atoms. The molecule has 1 heterocycles. The van der Waals surface area contributed by atoms with Gasteiger partial charge in [-0.25, -0.2) is 0 Å². The summed E-state index contributed by atoms with van der Waals surface area (Å²) < 4.78 is 0. The van der Waals surface area contributed by atoms with E-state index < -0.39 is 11.9 Å². The molecule has 1 amide bonds. The van der Waals surface area contributed by atoms with Crippen LogP contribution < -0.4 is 5.32 Å². The Balaban J connectivity index is 2.57. The third-order valence-corrected chi connectivity index (χ3v) is 2.63. The third-order valence-electron chi connectivity index (χ3n) is 2.63. The van der Waals surface area contributed by atoms with E-state index in [1.54, 1.807) is 12.1 Å². The normalized spacial score (nSPS) is 19.3. The van der Waals surface area contributed by atoms with Crippen molar-refractivity contribution in [2.24, 2.45) is 0 Å². The molecule has 0 saturated carbocycles. The Labute approximate surface area is 86.9 Å². The molecule has 1 atom stereocenters. The zero-order chi connectivity index (χ0) is 11.0. The average molecular weight is 205 g/mol. The molecular formula is C11H11NO3. The van der Waals surface area contributed by atoms with Gasteiger partial charge in [-0.2, -0.15) is 0 Å². The van der Waals surface area contributed by atoms with Gasteiger partial charge in [-0.05, 0) is 24.1 Å². The number of aryl methyl sites for hydroxylation is 1. The molecule has 15 heavy (non-hydrogen) atoms. The second-order valence-corrected chi connectivity index (χ2v) is 3.68. The number of carboxylic acids is 1. The highest BCUT2D eigenvalue weighted by molar-refractivity contribution is 5.99. The summed E-state index contributed by atoms with van der Waals surface area (Å²) in [6.07, 6.45) is 0.0210. The van der Waals surface area contributed by atoms with Crippen LogP contribution >= 0.6 is 0 Å². The molecular weight excluding hydrogens is 194 g/mol. The fourth-order valence-corrected chi connectivity index (χ4v) is 1.95. The maximum absolute atomic E-state index is 11.3. The maximum atomic E-state index is 11.3. The van der Waals surface area contributed by atoms with Crippen LogP contribution in [0.1, 0.15) is 23.5 Å². The number of anilines is 1. The lowest BCUT2D eigenvalue weighted by Gasteiger charge is -2.24. The van der Waals surface area contributed by atoms with Crippen LogP contribution in [-0.4, -0.2) is 17.0 Å². The van der Waals surface area contributed by atoms with Crippen molar-refractivity contribution >= 4 is 17.6 Å². The highest BCUT2D eigenvalue weighted by Gasteiger charge is 2.31. The Bertz CT molecular complexity index is 439. The second-order valence-electron chi connectivity index (χ2n) is 3.68. The lowest BCUT2D eigenvalue weighted by Crippen LogP contribution is -2.27. The quantitative estimate of drug-likeness (QED) is 0.730. The Hall–Kier alpha value is -1.84. The molecule has 0 fully saturated rings. The van der Waals surface area contributed by atoms with Crippen LogP contribution in [0, 0.1) is 6.92 Å². The minimum absolute atomic E-state index is 0.0210. The second kappa shape index (κ2) is 3.38. The Morgan fingerprint density at radius 2 is 2.27 bits per heavy atom. The first-order valence-electron chi connectivity index (χ1n) is 4.72. The van der Waals surface area contributed by atoms with Crippen LogP contribution in [0.25, 0.3) is 0 Å². The monoisotopic (exact) mass is 205 g/mol. The molecule has 1 aromatic carbocycles. The zero-order valence-electron chi connectivity index (χ0n) is 8.28. The van der Waals surface area contributed by atoms with Crippen molar-refractivity contribution < 1.29 is 14.7 Å². The SMILES string of the molecule is Cc1cccc2c1C(C(=O)O)CC(=O)N2. The van der Waals surface area contributed by atoms with Crippen molar-refractivity contribution in [1.29, 1.82) is 0 Å². The van der Waals surface area contributed by atoms with E-state index >= 15 is 0 Å². The molecule has 1 unspecified atom stereocenters. The van der Waals surface area contributed by atoms with Crippen LogP contribution in [0.4, 0.5) is 5.69 Å². The van der Waals surface area contributed by atoms with Crippen LogP contribution in [0.5, 0.6) is 0 Å². The first-order valence-corrected chi connectivity index (χ1v) is 4.72. The van der Waals surface area contributed by atoms with E-state index in [1.165, 1.54) is 0 Å². The van der Waals surface area contributed by atoms with E-state index in [1.807, 2.05) is 13.0 Å². The number of carboxylic acid groups (broad SMARTS) is 1. The summed E-state index contributed by atoms with van der Waals surface area (Å²) in [5.41, 5.74) is 2.25. The van der Waals surface area contributed by atoms with Gasteiger partial charge in [-0.3, -0.25) is 9.59 Å². The van der Waals surface area contributed by atoms with E-state index in [9.17, 15) is 9.59 Å². The van der Waals surface area contributed by atoms with E-state index in [0.717, 1.165) is 11.1 Å². The van der Waals surface area contributed by atoms with Gasteiger partial charge in [0.15, 0.2) is 0 Å². The van der Waals surface area contributed by atoms with Gasteiger partial charge in [0.25, 0.3) is 0 Å². The maximum Gasteiger partial charge on any atom is 0.311 e. The Morgan fingerprint density at radius 3 is 2.93 bits per heavy atom. The Morgan fingerprint density at radius 1 is 1.53 bits per heavy atom. The van der Waals surface area contributed by atoms with Gasteiger partial charge in [0, 0.05) is 12.1 Å². The minimum Gasteiger partial charge on any atom is -0.481 e. The van der Waals surface area contributed by atoms with E-state index in [0.29, 0.717) is 5.69 Å². The molecule has 78 valence electrons. The summed E-state index contributed by atoms with van der Waals surface area (Å²) in [6.45, 7) is 1.85. The lowest BCUT2D eigenvalue weighted by atomic mass is 9.87. The molecule has 1 aromatic rings. The van der Waals surface area contributed by atoms with Crippen LogP contribution in [0.15, 0.2) is 18.2 Å². The zero-order valence-corrected chi connectivity index (χ0v) is 8.28. The smallest absolute Gasteiger partial charge is 0.311 e. The van der Waals surface area contributed by atoms with Crippen LogP contribution in [0.2, 0.25) is 0 Å². The molecule has 4 heteroatoms. The van der Waals surface area contributed by atoms with Crippen molar-refractivity contribution in [2.75, 3.05) is 5.32 Å². The summed E-state index contributed by atoms with van der Waals surface area (Å²) in [7, 11) is 0. The number of carbonyl (C=O) groups excluding carboxylic acids is 1. The van der Waals surface area contributed by atoms with Crippen molar-refractivity contribution in [1.82, 2.24) is 0 Å². The van der Waals surface area contributed by atoms with Gasteiger partial charge < -0.3 is 10.4 Å². The molecule has 0 radical (unpaired) electrons. The summed E-state index contributed by atoms with van der Waals surface area (Å²) in [4.78, 5) is 22.3. The van der Waals surface area contributed by atoms with Gasteiger partial charge in [-0.1, -0.05) is 12.1 Å². The number of amides is 1. The van der Waals surface area contributed by atoms with Gasteiger partial charge in [-0.15, -0.1) is 0 Å². The number of benzene rings is 1. The summed E-state index contributed by atoms with van der Waals surface area (Å²) >= 11 is 0.